The van der Waals surface area contributed by atoms with Crippen LogP contribution in [0.25, 0.3) is 0 Å². The van der Waals surface area contributed by atoms with Crippen LogP contribution in [-0.2, 0) is 16.8 Å². The van der Waals surface area contributed by atoms with Crippen molar-refractivity contribution in [2.75, 3.05) is 0 Å². The fourth-order valence-electron chi connectivity index (χ4n) is 0.571. The van der Waals surface area contributed by atoms with E-state index in [9.17, 15) is 8.42 Å². The highest BCUT2D eigenvalue weighted by molar-refractivity contribution is 7.87. The van der Waals surface area contributed by atoms with Gasteiger partial charge in [-0.25, -0.2) is 5.14 Å². The van der Waals surface area contributed by atoms with Crippen LogP contribution in [0.2, 0.25) is 0 Å². The average molecular weight is 208 g/mol. The van der Waals surface area contributed by atoms with Crippen molar-refractivity contribution in [1.82, 2.24) is 14.9 Å². The zero-order valence-electron chi connectivity index (χ0n) is 6.31. The molecule has 1 rings (SSSR count). The molecule has 0 unspecified atom stereocenters. The minimum atomic E-state index is -3.62. The number of aryl methyl sites for hydroxylation is 1. The second-order valence-electron chi connectivity index (χ2n) is 2.08. The number of aromatic nitrogens is 2. The van der Waals surface area contributed by atoms with Gasteiger partial charge in [-0.3, -0.25) is 0 Å². The van der Waals surface area contributed by atoms with Gasteiger partial charge in [-0.2, -0.15) is 13.1 Å². The average Bonchev–Trinajstić information content (AvgIpc) is 2.30. The Balaban J connectivity index is 2.55. The van der Waals surface area contributed by atoms with Crippen LogP contribution in [0.1, 0.15) is 10.0 Å². The minimum absolute atomic E-state index is 0.102. The highest BCUT2D eigenvalue weighted by Crippen LogP contribution is 2.06. The summed E-state index contributed by atoms with van der Waals surface area (Å²) in [6.07, 6.45) is 0. The van der Waals surface area contributed by atoms with Crippen molar-refractivity contribution >= 4 is 21.5 Å². The Morgan fingerprint density at radius 1 is 1.58 bits per heavy atom. The Labute approximate surface area is 74.0 Å². The molecule has 0 aromatic carbocycles. The van der Waals surface area contributed by atoms with Crippen LogP contribution < -0.4 is 9.86 Å². The van der Waals surface area contributed by atoms with E-state index in [-0.39, 0.29) is 6.54 Å². The Kier molecular flexibility index (Phi) is 2.73. The summed E-state index contributed by atoms with van der Waals surface area (Å²) in [5.41, 5.74) is 0. The standard InChI is InChI=1S/C4H8N4O2S2/c1-3-7-8-4(11-3)2-6-12(5,9)10/h6H,2H2,1H3,(H2,5,9,10). The summed E-state index contributed by atoms with van der Waals surface area (Å²) in [6.45, 7) is 1.89. The lowest BCUT2D eigenvalue weighted by Gasteiger charge is -1.95. The lowest BCUT2D eigenvalue weighted by Crippen LogP contribution is -2.30. The number of hydrogen-bond acceptors (Lipinski definition) is 5. The van der Waals surface area contributed by atoms with Gasteiger partial charge in [0.1, 0.15) is 10.0 Å². The van der Waals surface area contributed by atoms with Gasteiger partial charge in [0, 0.05) is 0 Å². The van der Waals surface area contributed by atoms with Gasteiger partial charge in [0.2, 0.25) is 0 Å². The third-order valence-corrected chi connectivity index (χ3v) is 2.38. The van der Waals surface area contributed by atoms with Gasteiger partial charge in [0.05, 0.1) is 6.54 Å². The zero-order valence-corrected chi connectivity index (χ0v) is 7.94. The summed E-state index contributed by atoms with van der Waals surface area (Å²) in [4.78, 5) is 0. The van der Waals surface area contributed by atoms with Gasteiger partial charge in [0.15, 0.2) is 0 Å². The van der Waals surface area contributed by atoms with Gasteiger partial charge in [-0.1, -0.05) is 0 Å². The van der Waals surface area contributed by atoms with Gasteiger partial charge in [-0.15, -0.1) is 21.5 Å². The predicted octanol–water partition coefficient (Wildman–Crippen LogP) is -0.860. The van der Waals surface area contributed by atoms with Crippen molar-refractivity contribution < 1.29 is 8.42 Å². The first kappa shape index (κ1) is 9.52. The molecule has 12 heavy (non-hydrogen) atoms. The van der Waals surface area contributed by atoms with E-state index in [1.165, 1.54) is 11.3 Å². The summed E-state index contributed by atoms with van der Waals surface area (Å²) >= 11 is 1.32. The lowest BCUT2D eigenvalue weighted by molar-refractivity contribution is 0.582. The summed E-state index contributed by atoms with van der Waals surface area (Å²) in [5.74, 6) is 0. The third kappa shape index (κ3) is 3.22. The number of rotatable bonds is 3. The molecule has 0 radical (unpaired) electrons. The van der Waals surface area contributed by atoms with Crippen molar-refractivity contribution in [2.45, 2.75) is 13.5 Å². The Morgan fingerprint density at radius 2 is 2.25 bits per heavy atom. The predicted molar refractivity (Wildman–Crippen MR) is 44.6 cm³/mol. The lowest BCUT2D eigenvalue weighted by atomic mass is 10.7. The molecule has 0 aliphatic heterocycles. The smallest absolute Gasteiger partial charge is 0.216 e. The molecule has 1 aromatic heterocycles. The topological polar surface area (TPSA) is 98.0 Å². The second-order valence-corrected chi connectivity index (χ2v) is 4.73. The molecule has 0 fully saturated rings. The van der Waals surface area contributed by atoms with Crippen LogP contribution in [0.3, 0.4) is 0 Å². The molecule has 0 bridgehead atoms. The highest BCUT2D eigenvalue weighted by atomic mass is 32.2. The Bertz CT molecular complexity index is 357. The molecule has 8 heteroatoms. The van der Waals surface area contributed by atoms with E-state index in [4.69, 9.17) is 5.14 Å². The molecule has 0 spiro atoms. The highest BCUT2D eigenvalue weighted by Gasteiger charge is 2.04. The van der Waals surface area contributed by atoms with Gasteiger partial charge < -0.3 is 0 Å². The van der Waals surface area contributed by atoms with E-state index in [0.717, 1.165) is 5.01 Å². The first-order chi connectivity index (χ1) is 5.47. The molecule has 0 saturated heterocycles. The zero-order chi connectivity index (χ0) is 9.19. The summed E-state index contributed by atoms with van der Waals surface area (Å²) in [6, 6.07) is 0. The van der Waals surface area contributed by atoms with Crippen LogP contribution >= 0.6 is 11.3 Å². The Hall–Kier alpha value is -0.570. The van der Waals surface area contributed by atoms with Gasteiger partial charge in [0.25, 0.3) is 10.2 Å². The SMILES string of the molecule is Cc1nnc(CNS(N)(=O)=O)s1. The summed E-state index contributed by atoms with van der Waals surface area (Å²) < 4.78 is 23.0. The molecule has 68 valence electrons. The minimum Gasteiger partial charge on any atom is -0.216 e. The normalized spacial score (nSPS) is 11.8. The van der Waals surface area contributed by atoms with Crippen LogP contribution in [0.4, 0.5) is 0 Å². The monoisotopic (exact) mass is 208 g/mol. The molecule has 1 heterocycles. The first-order valence-electron chi connectivity index (χ1n) is 3.04. The molecule has 0 atom stereocenters. The molecular weight excluding hydrogens is 200 g/mol. The number of nitrogens with two attached hydrogens (primary N) is 1. The van der Waals surface area contributed by atoms with E-state index >= 15 is 0 Å². The van der Waals surface area contributed by atoms with Crippen LogP contribution in [0.15, 0.2) is 0 Å². The molecule has 0 aliphatic rings. The fraction of sp³-hybridized carbons (Fsp3) is 0.500. The molecule has 3 N–H and O–H groups in total. The maximum absolute atomic E-state index is 10.4. The van der Waals surface area contributed by atoms with Crippen molar-refractivity contribution in [3.05, 3.63) is 10.0 Å². The molecule has 0 saturated carbocycles. The van der Waals surface area contributed by atoms with Crippen molar-refractivity contribution in [3.8, 4) is 0 Å². The van der Waals surface area contributed by atoms with E-state index in [1.54, 1.807) is 6.92 Å². The number of nitrogens with zero attached hydrogens (tertiary/aromatic N) is 2. The van der Waals surface area contributed by atoms with E-state index < -0.39 is 10.2 Å². The number of nitrogens with one attached hydrogen (secondary N) is 1. The van der Waals surface area contributed by atoms with E-state index in [2.05, 4.69) is 14.9 Å². The van der Waals surface area contributed by atoms with Crippen molar-refractivity contribution in [1.29, 1.82) is 0 Å². The maximum Gasteiger partial charge on any atom is 0.274 e. The first-order valence-corrected chi connectivity index (χ1v) is 5.40. The number of hydrogen-bond donors (Lipinski definition) is 2. The third-order valence-electron chi connectivity index (χ3n) is 0.992. The van der Waals surface area contributed by atoms with E-state index in [1.807, 2.05) is 0 Å². The summed E-state index contributed by atoms with van der Waals surface area (Å²) in [5, 5.41) is 13.5. The molecular formula is C4H8N4O2S2. The summed E-state index contributed by atoms with van der Waals surface area (Å²) in [7, 11) is -3.62. The molecule has 6 nitrogen and oxygen atoms in total. The molecule has 0 aliphatic carbocycles. The van der Waals surface area contributed by atoms with Crippen molar-refractivity contribution in [2.24, 2.45) is 5.14 Å². The Morgan fingerprint density at radius 3 is 2.67 bits per heavy atom. The van der Waals surface area contributed by atoms with Crippen LogP contribution in [-0.4, -0.2) is 18.6 Å². The van der Waals surface area contributed by atoms with E-state index in [0.29, 0.717) is 5.01 Å². The van der Waals surface area contributed by atoms with Crippen LogP contribution in [0.5, 0.6) is 0 Å². The van der Waals surface area contributed by atoms with Gasteiger partial charge in [-0.05, 0) is 6.92 Å². The fourth-order valence-corrected chi connectivity index (χ4v) is 1.65. The second kappa shape index (κ2) is 3.44. The van der Waals surface area contributed by atoms with Gasteiger partial charge >= 0.3 is 0 Å². The molecule has 0 amide bonds. The largest absolute Gasteiger partial charge is 0.274 e. The molecule has 1 aromatic rings. The van der Waals surface area contributed by atoms with Crippen molar-refractivity contribution in [3.63, 3.8) is 0 Å². The van der Waals surface area contributed by atoms with Crippen LogP contribution in [0, 0.1) is 6.92 Å². The quantitative estimate of drug-likeness (QED) is 0.675. The maximum atomic E-state index is 10.4.